The summed E-state index contributed by atoms with van der Waals surface area (Å²) in [6, 6.07) is 18.3. The van der Waals surface area contributed by atoms with Gasteiger partial charge in [-0.2, -0.15) is 0 Å². The molecule has 1 aliphatic heterocycles. The highest BCUT2D eigenvalue weighted by Gasteiger charge is 2.22. The smallest absolute Gasteiger partial charge is 0.253 e. The fourth-order valence-corrected chi connectivity index (χ4v) is 4.34. The van der Waals surface area contributed by atoms with E-state index >= 15 is 0 Å². The zero-order valence-electron chi connectivity index (χ0n) is 19.5. The van der Waals surface area contributed by atoms with Gasteiger partial charge in [0.25, 0.3) is 5.91 Å². The van der Waals surface area contributed by atoms with Crippen LogP contribution in [0.1, 0.15) is 42.6 Å². The zero-order valence-corrected chi connectivity index (χ0v) is 19.5. The third kappa shape index (κ3) is 5.69. The fourth-order valence-electron chi connectivity index (χ4n) is 4.34. The first-order valence-electron chi connectivity index (χ1n) is 11.8. The van der Waals surface area contributed by atoms with E-state index in [2.05, 4.69) is 46.4 Å². The number of benzene rings is 2. The number of piperazine rings is 1. The maximum atomic E-state index is 12.8. The number of hydrogen-bond acceptors (Lipinski definition) is 4. The largest absolute Gasteiger partial charge is 0.353 e. The molecular weight excluding hydrogens is 412 g/mol. The molecule has 1 aromatic heterocycles. The van der Waals surface area contributed by atoms with Crippen molar-refractivity contribution in [2.24, 2.45) is 0 Å². The number of amides is 2. The Labute approximate surface area is 195 Å². The summed E-state index contributed by atoms with van der Waals surface area (Å²) in [6.07, 6.45) is 4.06. The van der Waals surface area contributed by atoms with E-state index in [0.29, 0.717) is 25.1 Å². The van der Waals surface area contributed by atoms with E-state index in [1.54, 1.807) is 6.20 Å². The molecule has 0 aliphatic carbocycles. The summed E-state index contributed by atoms with van der Waals surface area (Å²) >= 11 is 0. The van der Waals surface area contributed by atoms with E-state index in [-0.39, 0.29) is 17.9 Å². The van der Waals surface area contributed by atoms with Crippen LogP contribution in [0, 0.1) is 0 Å². The average molecular weight is 445 g/mol. The summed E-state index contributed by atoms with van der Waals surface area (Å²) in [5, 5.41) is 5.36. The highest BCUT2D eigenvalue weighted by molar-refractivity contribution is 5.94. The van der Waals surface area contributed by atoms with Crippen molar-refractivity contribution in [3.63, 3.8) is 0 Å². The number of fused-ring (bicyclic) bond motifs is 1. The van der Waals surface area contributed by atoms with Crippen molar-refractivity contribution in [2.45, 2.75) is 39.2 Å². The Hall–Kier alpha value is -3.41. The predicted molar refractivity (Wildman–Crippen MR) is 133 cm³/mol. The number of aromatic nitrogens is 1. The molecule has 0 spiro atoms. The van der Waals surface area contributed by atoms with Crippen LogP contribution in [0.5, 0.6) is 0 Å². The monoisotopic (exact) mass is 444 g/mol. The molecule has 2 heterocycles. The Balaban J connectivity index is 1.29. The minimum atomic E-state index is -0.0842. The maximum absolute atomic E-state index is 12.8. The van der Waals surface area contributed by atoms with Gasteiger partial charge in [0.15, 0.2) is 0 Å². The zero-order chi connectivity index (χ0) is 23.2. The van der Waals surface area contributed by atoms with Crippen LogP contribution in [-0.4, -0.2) is 53.9 Å². The predicted octanol–water partition coefficient (Wildman–Crippen LogP) is 4.04. The minimum absolute atomic E-state index is 0.0842. The fraction of sp³-hybridized carbons (Fsp3) is 0.370. The first-order chi connectivity index (χ1) is 16.0. The second kappa shape index (κ2) is 10.5. The van der Waals surface area contributed by atoms with Crippen LogP contribution >= 0.6 is 0 Å². The van der Waals surface area contributed by atoms with E-state index in [0.717, 1.165) is 42.7 Å². The first kappa shape index (κ1) is 22.8. The van der Waals surface area contributed by atoms with Crippen LogP contribution < -0.4 is 10.2 Å². The lowest BCUT2D eigenvalue weighted by Crippen LogP contribution is -2.49. The SMILES string of the molecule is CCCC(C)NC(=O)c1ccc(N2CCN(C(=O)Cc3ccc4ccccc4c3)CC2)nc1. The summed E-state index contributed by atoms with van der Waals surface area (Å²) in [5.41, 5.74) is 1.62. The number of nitrogens with zero attached hydrogens (tertiary/aromatic N) is 3. The third-order valence-electron chi connectivity index (χ3n) is 6.23. The van der Waals surface area contributed by atoms with Gasteiger partial charge >= 0.3 is 0 Å². The van der Waals surface area contributed by atoms with Gasteiger partial charge in [0.2, 0.25) is 5.91 Å². The number of carbonyl (C=O) groups excluding carboxylic acids is 2. The molecule has 2 aromatic carbocycles. The molecule has 1 fully saturated rings. The van der Waals surface area contributed by atoms with Crippen molar-refractivity contribution in [2.75, 3.05) is 31.1 Å². The molecule has 2 amide bonds. The van der Waals surface area contributed by atoms with Gasteiger partial charge in [-0.05, 0) is 41.8 Å². The first-order valence-corrected chi connectivity index (χ1v) is 11.8. The van der Waals surface area contributed by atoms with Gasteiger partial charge in [-0.3, -0.25) is 9.59 Å². The lowest BCUT2D eigenvalue weighted by Gasteiger charge is -2.35. The van der Waals surface area contributed by atoms with E-state index < -0.39 is 0 Å². The molecule has 1 aliphatic rings. The molecule has 6 nitrogen and oxygen atoms in total. The van der Waals surface area contributed by atoms with Crippen LogP contribution in [0.15, 0.2) is 60.8 Å². The number of hydrogen-bond donors (Lipinski definition) is 1. The lowest BCUT2D eigenvalue weighted by molar-refractivity contribution is -0.130. The van der Waals surface area contributed by atoms with Gasteiger partial charge in [0.1, 0.15) is 5.82 Å². The average Bonchev–Trinajstić information content (AvgIpc) is 2.84. The van der Waals surface area contributed by atoms with Crippen molar-refractivity contribution in [1.82, 2.24) is 15.2 Å². The minimum Gasteiger partial charge on any atom is -0.353 e. The van der Waals surface area contributed by atoms with Crippen LogP contribution in [0.4, 0.5) is 5.82 Å². The third-order valence-corrected chi connectivity index (χ3v) is 6.23. The molecule has 172 valence electrons. The molecule has 0 radical (unpaired) electrons. The van der Waals surface area contributed by atoms with Gasteiger partial charge < -0.3 is 15.1 Å². The Morgan fingerprint density at radius 3 is 2.45 bits per heavy atom. The van der Waals surface area contributed by atoms with Crippen LogP contribution in [0.2, 0.25) is 0 Å². The van der Waals surface area contributed by atoms with Crippen LogP contribution in [-0.2, 0) is 11.2 Å². The van der Waals surface area contributed by atoms with E-state index in [1.807, 2.05) is 42.2 Å². The molecule has 1 saturated heterocycles. The van der Waals surface area contributed by atoms with E-state index in [9.17, 15) is 9.59 Å². The van der Waals surface area contributed by atoms with Crippen molar-refractivity contribution < 1.29 is 9.59 Å². The summed E-state index contributed by atoms with van der Waals surface area (Å²) < 4.78 is 0. The molecule has 0 saturated carbocycles. The number of carbonyl (C=O) groups is 2. The van der Waals surface area contributed by atoms with Crippen molar-refractivity contribution in [3.05, 3.63) is 71.9 Å². The number of anilines is 1. The van der Waals surface area contributed by atoms with Gasteiger partial charge in [-0.1, -0.05) is 55.8 Å². The highest BCUT2D eigenvalue weighted by atomic mass is 16.2. The molecule has 3 aromatic rings. The van der Waals surface area contributed by atoms with Gasteiger partial charge in [0.05, 0.1) is 12.0 Å². The number of rotatable bonds is 7. The van der Waals surface area contributed by atoms with Gasteiger partial charge in [0, 0.05) is 38.4 Å². The van der Waals surface area contributed by atoms with Crippen LogP contribution in [0.25, 0.3) is 10.8 Å². The summed E-state index contributed by atoms with van der Waals surface area (Å²) in [4.78, 5) is 33.8. The van der Waals surface area contributed by atoms with Crippen LogP contribution in [0.3, 0.4) is 0 Å². The molecule has 1 unspecified atom stereocenters. The summed E-state index contributed by atoms with van der Waals surface area (Å²) in [7, 11) is 0. The lowest BCUT2D eigenvalue weighted by atomic mass is 10.0. The molecular formula is C27H32N4O2. The maximum Gasteiger partial charge on any atom is 0.253 e. The molecule has 1 N–H and O–H groups in total. The molecule has 1 atom stereocenters. The topological polar surface area (TPSA) is 65.5 Å². The van der Waals surface area contributed by atoms with E-state index in [1.165, 1.54) is 5.39 Å². The van der Waals surface area contributed by atoms with Crippen molar-refractivity contribution in [3.8, 4) is 0 Å². The summed E-state index contributed by atoms with van der Waals surface area (Å²) in [5.74, 6) is 0.917. The Kier molecular flexibility index (Phi) is 7.23. The Morgan fingerprint density at radius 1 is 1.00 bits per heavy atom. The second-order valence-corrected chi connectivity index (χ2v) is 8.79. The Morgan fingerprint density at radius 2 is 1.76 bits per heavy atom. The standard InChI is InChI=1S/C27H32N4O2/c1-3-6-20(2)29-27(33)24-11-12-25(28-19-24)30-13-15-31(16-14-30)26(32)18-21-9-10-22-7-4-5-8-23(22)17-21/h4-5,7-12,17,19-20H,3,6,13-16,18H2,1-2H3,(H,29,33). The molecule has 0 bridgehead atoms. The second-order valence-electron chi connectivity index (χ2n) is 8.79. The quantitative estimate of drug-likeness (QED) is 0.597. The van der Waals surface area contributed by atoms with Crippen molar-refractivity contribution >= 4 is 28.4 Å². The summed E-state index contributed by atoms with van der Waals surface area (Å²) in [6.45, 7) is 6.93. The molecule has 4 rings (SSSR count). The number of nitrogens with one attached hydrogen (secondary N) is 1. The molecule has 33 heavy (non-hydrogen) atoms. The Bertz CT molecular complexity index is 1100. The van der Waals surface area contributed by atoms with Gasteiger partial charge in [-0.25, -0.2) is 4.98 Å². The van der Waals surface area contributed by atoms with Crippen molar-refractivity contribution in [1.29, 1.82) is 0 Å². The number of pyridine rings is 1. The highest BCUT2D eigenvalue weighted by Crippen LogP contribution is 2.18. The molecule has 6 heteroatoms. The van der Waals surface area contributed by atoms with Gasteiger partial charge in [-0.15, -0.1) is 0 Å². The van der Waals surface area contributed by atoms with E-state index in [4.69, 9.17) is 0 Å². The normalized spacial score (nSPS) is 14.8.